The lowest BCUT2D eigenvalue weighted by atomic mass is 10.2. The molecule has 1 aromatic rings. The Morgan fingerprint density at radius 3 is 3.08 bits per heavy atom. The molecule has 72 valence electrons. The molecule has 1 amide bonds. The van der Waals surface area contributed by atoms with Crippen LogP contribution in [-0.4, -0.2) is 17.9 Å². The van der Waals surface area contributed by atoms with E-state index in [9.17, 15) is 4.79 Å². The quantitative estimate of drug-likeness (QED) is 0.712. The Hall–Kier alpha value is -1.36. The van der Waals surface area contributed by atoms with Gasteiger partial charge in [0.15, 0.2) is 5.69 Å². The summed E-state index contributed by atoms with van der Waals surface area (Å²) >= 11 is 0. The molecule has 1 aromatic heterocycles. The first kappa shape index (κ1) is 9.73. The van der Waals surface area contributed by atoms with Crippen LogP contribution in [0.3, 0.4) is 0 Å². The molecule has 3 N–H and O–H groups in total. The summed E-state index contributed by atoms with van der Waals surface area (Å²) in [5.74, 6) is 0.138. The number of nitrogens with two attached hydrogens (primary N) is 1. The summed E-state index contributed by atoms with van der Waals surface area (Å²) in [5.41, 5.74) is 5.93. The molecule has 1 heterocycles. The zero-order chi connectivity index (χ0) is 9.84. The standard InChI is InChI=1S/C8H13N3O2/c1-3-5(9)8-11-6(4-13-8)7(12)10-2/h4-5H,3,9H2,1-2H3,(H,10,12). The predicted octanol–water partition coefficient (Wildman–Crippen LogP) is 0.444. The predicted molar refractivity (Wildman–Crippen MR) is 47.1 cm³/mol. The second kappa shape index (κ2) is 4.04. The fourth-order valence-corrected chi connectivity index (χ4v) is 0.865. The van der Waals surface area contributed by atoms with Crippen LogP contribution in [0, 0.1) is 0 Å². The van der Waals surface area contributed by atoms with Crippen LogP contribution in [0.25, 0.3) is 0 Å². The summed E-state index contributed by atoms with van der Waals surface area (Å²) in [6.07, 6.45) is 2.04. The molecule has 0 aliphatic heterocycles. The van der Waals surface area contributed by atoms with Gasteiger partial charge in [0.25, 0.3) is 5.91 Å². The van der Waals surface area contributed by atoms with Gasteiger partial charge in [-0.25, -0.2) is 4.98 Å². The van der Waals surface area contributed by atoms with Crippen molar-refractivity contribution in [1.29, 1.82) is 0 Å². The van der Waals surface area contributed by atoms with Crippen molar-refractivity contribution >= 4 is 5.91 Å². The number of nitrogens with one attached hydrogen (secondary N) is 1. The number of carbonyl (C=O) groups excluding carboxylic acids is 1. The van der Waals surface area contributed by atoms with Crippen molar-refractivity contribution in [3.05, 3.63) is 17.8 Å². The number of amides is 1. The molecular formula is C8H13N3O2. The van der Waals surface area contributed by atoms with Crippen molar-refractivity contribution in [3.8, 4) is 0 Å². The highest BCUT2D eigenvalue weighted by Gasteiger charge is 2.14. The van der Waals surface area contributed by atoms with Crippen molar-refractivity contribution in [2.24, 2.45) is 5.73 Å². The topological polar surface area (TPSA) is 81.1 Å². The summed E-state index contributed by atoms with van der Waals surface area (Å²) in [4.78, 5) is 15.0. The van der Waals surface area contributed by atoms with Crippen molar-refractivity contribution in [2.45, 2.75) is 19.4 Å². The number of nitrogens with zero attached hydrogens (tertiary/aromatic N) is 1. The molecule has 0 bridgehead atoms. The van der Waals surface area contributed by atoms with Crippen LogP contribution in [-0.2, 0) is 0 Å². The molecular weight excluding hydrogens is 170 g/mol. The fourth-order valence-electron chi connectivity index (χ4n) is 0.865. The third-order valence-electron chi connectivity index (χ3n) is 1.74. The molecule has 13 heavy (non-hydrogen) atoms. The summed E-state index contributed by atoms with van der Waals surface area (Å²) < 4.78 is 5.04. The molecule has 0 aliphatic rings. The van der Waals surface area contributed by atoms with Crippen LogP contribution in [0.4, 0.5) is 0 Å². The Morgan fingerprint density at radius 1 is 1.85 bits per heavy atom. The molecule has 0 fully saturated rings. The second-order valence-electron chi connectivity index (χ2n) is 2.66. The summed E-state index contributed by atoms with van der Waals surface area (Å²) in [5, 5.41) is 2.45. The van der Waals surface area contributed by atoms with E-state index < -0.39 is 0 Å². The monoisotopic (exact) mass is 183 g/mol. The molecule has 5 nitrogen and oxygen atoms in total. The molecule has 0 spiro atoms. The van der Waals surface area contributed by atoms with Gasteiger partial charge in [0.05, 0.1) is 6.04 Å². The van der Waals surface area contributed by atoms with Crippen LogP contribution in [0.15, 0.2) is 10.7 Å². The molecule has 0 saturated heterocycles. The van der Waals surface area contributed by atoms with Crippen molar-refractivity contribution in [2.75, 3.05) is 7.05 Å². The fraction of sp³-hybridized carbons (Fsp3) is 0.500. The minimum atomic E-state index is -0.265. The van der Waals surface area contributed by atoms with Crippen LogP contribution in [0.2, 0.25) is 0 Å². The lowest BCUT2D eigenvalue weighted by Crippen LogP contribution is -2.18. The van der Waals surface area contributed by atoms with Gasteiger partial charge in [0, 0.05) is 7.05 Å². The molecule has 0 saturated carbocycles. The van der Waals surface area contributed by atoms with Crippen LogP contribution < -0.4 is 11.1 Å². The van der Waals surface area contributed by atoms with Gasteiger partial charge in [-0.3, -0.25) is 4.79 Å². The molecule has 1 atom stereocenters. The Balaban J connectivity index is 2.80. The highest BCUT2D eigenvalue weighted by Crippen LogP contribution is 2.12. The summed E-state index contributed by atoms with van der Waals surface area (Å²) in [6.45, 7) is 1.93. The third kappa shape index (κ3) is 2.06. The molecule has 0 radical (unpaired) electrons. The third-order valence-corrected chi connectivity index (χ3v) is 1.74. The van der Waals surface area contributed by atoms with Gasteiger partial charge >= 0.3 is 0 Å². The highest BCUT2D eigenvalue weighted by molar-refractivity contribution is 5.91. The summed E-state index contributed by atoms with van der Waals surface area (Å²) in [7, 11) is 1.54. The van der Waals surface area contributed by atoms with E-state index in [2.05, 4.69) is 10.3 Å². The molecule has 0 aliphatic carbocycles. The smallest absolute Gasteiger partial charge is 0.272 e. The van der Waals surface area contributed by atoms with Gasteiger partial charge in [-0.2, -0.15) is 0 Å². The molecule has 0 aromatic carbocycles. The second-order valence-corrected chi connectivity index (χ2v) is 2.66. The van der Waals surface area contributed by atoms with Crippen LogP contribution in [0.1, 0.15) is 35.8 Å². The van der Waals surface area contributed by atoms with E-state index in [0.717, 1.165) is 6.42 Å². The van der Waals surface area contributed by atoms with Gasteiger partial charge in [0.1, 0.15) is 6.26 Å². The van der Waals surface area contributed by atoms with E-state index in [1.54, 1.807) is 0 Å². The Bertz CT molecular complexity index is 295. The van der Waals surface area contributed by atoms with Gasteiger partial charge in [0.2, 0.25) is 5.89 Å². The SMILES string of the molecule is CCC(N)c1nc(C(=O)NC)co1. The maximum absolute atomic E-state index is 11.1. The van der Waals surface area contributed by atoms with Gasteiger partial charge < -0.3 is 15.5 Å². The van der Waals surface area contributed by atoms with Crippen LogP contribution in [0.5, 0.6) is 0 Å². The summed E-state index contributed by atoms with van der Waals surface area (Å²) in [6, 6.07) is -0.238. The van der Waals surface area contributed by atoms with E-state index >= 15 is 0 Å². The van der Waals surface area contributed by atoms with Gasteiger partial charge in [-0.05, 0) is 6.42 Å². The average Bonchev–Trinajstić information content (AvgIpc) is 2.64. The number of oxazole rings is 1. The Kier molecular flexibility index (Phi) is 3.02. The first-order chi connectivity index (χ1) is 6.19. The van der Waals surface area contributed by atoms with Crippen molar-refractivity contribution in [3.63, 3.8) is 0 Å². The van der Waals surface area contributed by atoms with E-state index in [4.69, 9.17) is 10.2 Å². The number of carbonyl (C=O) groups is 1. The normalized spacial score (nSPS) is 12.5. The molecule has 5 heteroatoms. The highest BCUT2D eigenvalue weighted by atomic mass is 16.3. The Labute approximate surface area is 76.3 Å². The lowest BCUT2D eigenvalue weighted by Gasteiger charge is -2.00. The molecule has 1 rings (SSSR count). The number of hydrogen-bond acceptors (Lipinski definition) is 4. The Morgan fingerprint density at radius 2 is 2.54 bits per heavy atom. The number of hydrogen-bond donors (Lipinski definition) is 2. The van der Waals surface area contributed by atoms with Crippen molar-refractivity contribution in [1.82, 2.24) is 10.3 Å². The minimum absolute atomic E-state index is 0.238. The first-order valence-electron chi connectivity index (χ1n) is 4.12. The number of rotatable bonds is 3. The maximum atomic E-state index is 11.1. The van der Waals surface area contributed by atoms with Crippen LogP contribution >= 0.6 is 0 Å². The average molecular weight is 183 g/mol. The van der Waals surface area contributed by atoms with Gasteiger partial charge in [-0.15, -0.1) is 0 Å². The first-order valence-corrected chi connectivity index (χ1v) is 4.12. The van der Waals surface area contributed by atoms with Crippen molar-refractivity contribution < 1.29 is 9.21 Å². The van der Waals surface area contributed by atoms with E-state index in [1.807, 2.05) is 6.92 Å². The maximum Gasteiger partial charge on any atom is 0.272 e. The van der Waals surface area contributed by atoms with E-state index in [-0.39, 0.29) is 17.6 Å². The zero-order valence-corrected chi connectivity index (χ0v) is 7.70. The zero-order valence-electron chi connectivity index (χ0n) is 7.70. The largest absolute Gasteiger partial charge is 0.446 e. The molecule has 1 unspecified atom stereocenters. The number of aromatic nitrogens is 1. The van der Waals surface area contributed by atoms with Gasteiger partial charge in [-0.1, -0.05) is 6.92 Å². The van der Waals surface area contributed by atoms with E-state index in [1.165, 1.54) is 13.3 Å². The lowest BCUT2D eigenvalue weighted by molar-refractivity contribution is 0.0958. The van der Waals surface area contributed by atoms with E-state index in [0.29, 0.717) is 5.89 Å². The minimum Gasteiger partial charge on any atom is -0.446 e.